The van der Waals surface area contributed by atoms with E-state index >= 15 is 0 Å². The highest BCUT2D eigenvalue weighted by Crippen LogP contribution is 2.29. The first kappa shape index (κ1) is 12.9. The Morgan fingerprint density at radius 2 is 1.89 bits per heavy atom. The van der Waals surface area contributed by atoms with Gasteiger partial charge in [-0.2, -0.15) is 0 Å². The van der Waals surface area contributed by atoms with E-state index in [-0.39, 0.29) is 15.7 Å². The lowest BCUT2D eigenvalue weighted by Crippen LogP contribution is -2.05. The zero-order valence-electron chi connectivity index (χ0n) is 9.48. The Morgan fingerprint density at radius 3 is 2.44 bits per heavy atom. The number of aromatic nitrogens is 1. The summed E-state index contributed by atoms with van der Waals surface area (Å²) < 4.78 is 4.60. The van der Waals surface area contributed by atoms with Crippen LogP contribution in [0.5, 0.6) is 0 Å². The number of carbonyl (C=O) groups excluding carboxylic acids is 1. The fourth-order valence-electron chi connectivity index (χ4n) is 1.53. The van der Waals surface area contributed by atoms with Gasteiger partial charge in [-0.05, 0) is 6.07 Å². The quantitative estimate of drug-likeness (QED) is 0.620. The molecule has 0 aliphatic rings. The summed E-state index contributed by atoms with van der Waals surface area (Å²) in [5.74, 6) is -0.600. The summed E-state index contributed by atoms with van der Waals surface area (Å²) in [6.07, 6.45) is 0. The molecule has 92 valence electrons. The van der Waals surface area contributed by atoms with E-state index in [1.165, 1.54) is 7.11 Å². The van der Waals surface area contributed by atoms with E-state index < -0.39 is 5.97 Å². The van der Waals surface area contributed by atoms with Gasteiger partial charge in [0.15, 0.2) is 0 Å². The van der Waals surface area contributed by atoms with Crippen LogP contribution in [0.25, 0.3) is 11.3 Å². The molecule has 0 aliphatic heterocycles. The van der Waals surface area contributed by atoms with Crippen LogP contribution in [-0.2, 0) is 4.74 Å². The van der Waals surface area contributed by atoms with Crippen LogP contribution < -0.4 is 0 Å². The molecule has 0 radical (unpaired) electrons. The highest BCUT2D eigenvalue weighted by molar-refractivity contribution is 6.38. The summed E-state index contributed by atoms with van der Waals surface area (Å²) in [6.45, 7) is 0. The standard InChI is InChI=1S/C13H9Cl2NO2/c1-18-13(17)11-9(14)7-10(16-12(11)15)8-5-3-2-4-6-8/h2-7H,1H3. The monoisotopic (exact) mass is 281 g/mol. The van der Waals surface area contributed by atoms with E-state index in [0.29, 0.717) is 5.69 Å². The molecule has 2 aromatic rings. The summed E-state index contributed by atoms with van der Waals surface area (Å²) in [5.41, 5.74) is 1.57. The Bertz CT molecular complexity index is 562. The first-order valence-corrected chi connectivity index (χ1v) is 5.89. The van der Waals surface area contributed by atoms with E-state index in [2.05, 4.69) is 9.72 Å². The number of halogens is 2. The third-order valence-electron chi connectivity index (χ3n) is 2.39. The number of hydrogen-bond donors (Lipinski definition) is 0. The predicted octanol–water partition coefficient (Wildman–Crippen LogP) is 3.84. The fraction of sp³-hybridized carbons (Fsp3) is 0.0769. The molecular weight excluding hydrogens is 273 g/mol. The van der Waals surface area contributed by atoms with E-state index in [1.54, 1.807) is 6.07 Å². The summed E-state index contributed by atoms with van der Waals surface area (Å²) in [4.78, 5) is 15.6. The normalized spacial score (nSPS) is 10.2. The molecule has 0 saturated heterocycles. The molecule has 1 aromatic carbocycles. The summed E-state index contributed by atoms with van der Waals surface area (Å²) in [7, 11) is 1.26. The maximum absolute atomic E-state index is 11.5. The molecule has 0 unspecified atom stereocenters. The third kappa shape index (κ3) is 2.47. The number of nitrogens with zero attached hydrogens (tertiary/aromatic N) is 1. The Balaban J connectivity index is 2.53. The number of rotatable bonds is 2. The zero-order valence-corrected chi connectivity index (χ0v) is 11.0. The van der Waals surface area contributed by atoms with E-state index in [9.17, 15) is 4.79 Å². The molecule has 0 saturated carbocycles. The van der Waals surface area contributed by atoms with Gasteiger partial charge in [0.2, 0.25) is 0 Å². The van der Waals surface area contributed by atoms with Gasteiger partial charge in [0.1, 0.15) is 10.7 Å². The van der Waals surface area contributed by atoms with E-state index in [0.717, 1.165) is 5.56 Å². The number of ether oxygens (including phenoxy) is 1. The minimum Gasteiger partial charge on any atom is -0.465 e. The van der Waals surface area contributed by atoms with Gasteiger partial charge in [0, 0.05) is 5.56 Å². The average molecular weight is 282 g/mol. The molecule has 0 N–H and O–H groups in total. The van der Waals surface area contributed by atoms with Gasteiger partial charge >= 0.3 is 5.97 Å². The molecule has 3 nitrogen and oxygen atoms in total. The van der Waals surface area contributed by atoms with Crippen LogP contribution in [-0.4, -0.2) is 18.1 Å². The highest BCUT2D eigenvalue weighted by Gasteiger charge is 2.18. The smallest absolute Gasteiger partial charge is 0.342 e. The topological polar surface area (TPSA) is 39.2 Å². The van der Waals surface area contributed by atoms with Crippen LogP contribution in [0.15, 0.2) is 36.4 Å². The van der Waals surface area contributed by atoms with Gasteiger partial charge in [-0.1, -0.05) is 53.5 Å². The number of methoxy groups -OCH3 is 1. The minimum atomic E-state index is -0.600. The van der Waals surface area contributed by atoms with Gasteiger partial charge in [0.05, 0.1) is 17.8 Å². The molecule has 0 amide bonds. The van der Waals surface area contributed by atoms with Crippen LogP contribution in [0, 0.1) is 0 Å². The van der Waals surface area contributed by atoms with E-state index in [1.807, 2.05) is 30.3 Å². The SMILES string of the molecule is COC(=O)c1c(Cl)cc(-c2ccccc2)nc1Cl. The van der Waals surface area contributed by atoms with Gasteiger partial charge in [-0.25, -0.2) is 9.78 Å². The molecule has 2 rings (SSSR count). The molecule has 5 heteroatoms. The molecule has 1 aromatic heterocycles. The maximum Gasteiger partial charge on any atom is 0.342 e. The lowest BCUT2D eigenvalue weighted by molar-refractivity contribution is 0.0600. The van der Waals surface area contributed by atoms with Crippen molar-refractivity contribution < 1.29 is 9.53 Å². The predicted molar refractivity (Wildman–Crippen MR) is 71.0 cm³/mol. The molecule has 0 bridgehead atoms. The van der Waals surface area contributed by atoms with Crippen molar-refractivity contribution in [1.29, 1.82) is 0 Å². The molecule has 0 spiro atoms. The van der Waals surface area contributed by atoms with Crippen molar-refractivity contribution in [1.82, 2.24) is 4.98 Å². The third-order valence-corrected chi connectivity index (χ3v) is 2.96. The molecule has 0 atom stereocenters. The van der Waals surface area contributed by atoms with Crippen LogP contribution >= 0.6 is 23.2 Å². The van der Waals surface area contributed by atoms with Gasteiger partial charge < -0.3 is 4.74 Å². The highest BCUT2D eigenvalue weighted by atomic mass is 35.5. The summed E-state index contributed by atoms with van der Waals surface area (Å²) in [5, 5.41) is 0.258. The lowest BCUT2D eigenvalue weighted by atomic mass is 10.1. The van der Waals surface area contributed by atoms with Crippen molar-refractivity contribution in [2.45, 2.75) is 0 Å². The average Bonchev–Trinajstić information content (AvgIpc) is 2.38. The molecule has 0 aliphatic carbocycles. The molecule has 18 heavy (non-hydrogen) atoms. The van der Waals surface area contributed by atoms with Crippen molar-refractivity contribution in [2.24, 2.45) is 0 Å². The number of benzene rings is 1. The number of carbonyl (C=O) groups is 1. The Hall–Kier alpha value is -1.58. The Kier molecular flexibility index (Phi) is 3.84. The van der Waals surface area contributed by atoms with Crippen LogP contribution in [0.1, 0.15) is 10.4 Å². The largest absolute Gasteiger partial charge is 0.465 e. The van der Waals surface area contributed by atoms with Gasteiger partial charge in [-0.15, -0.1) is 0 Å². The first-order valence-electron chi connectivity index (χ1n) is 5.13. The molecule has 0 fully saturated rings. The summed E-state index contributed by atoms with van der Waals surface area (Å²) in [6, 6.07) is 11.0. The van der Waals surface area contributed by atoms with Gasteiger partial charge in [-0.3, -0.25) is 0 Å². The Labute approximate surface area is 114 Å². The lowest BCUT2D eigenvalue weighted by Gasteiger charge is -2.07. The second-order valence-electron chi connectivity index (χ2n) is 3.51. The number of esters is 1. The molecular formula is C13H9Cl2NO2. The fourth-order valence-corrected chi connectivity index (χ4v) is 2.11. The van der Waals surface area contributed by atoms with Crippen molar-refractivity contribution in [3.8, 4) is 11.3 Å². The second-order valence-corrected chi connectivity index (χ2v) is 4.28. The van der Waals surface area contributed by atoms with Crippen LogP contribution in [0.4, 0.5) is 0 Å². The maximum atomic E-state index is 11.5. The summed E-state index contributed by atoms with van der Waals surface area (Å²) >= 11 is 12.0. The zero-order chi connectivity index (χ0) is 13.1. The van der Waals surface area contributed by atoms with Crippen molar-refractivity contribution in [3.63, 3.8) is 0 Å². The van der Waals surface area contributed by atoms with Gasteiger partial charge in [0.25, 0.3) is 0 Å². The minimum absolute atomic E-state index is 0.0354. The number of hydrogen-bond acceptors (Lipinski definition) is 3. The van der Waals surface area contributed by atoms with Crippen LogP contribution in [0.2, 0.25) is 10.2 Å². The van der Waals surface area contributed by atoms with Crippen molar-refractivity contribution >= 4 is 29.2 Å². The van der Waals surface area contributed by atoms with Crippen LogP contribution in [0.3, 0.4) is 0 Å². The van der Waals surface area contributed by atoms with Crippen molar-refractivity contribution in [3.05, 3.63) is 52.1 Å². The molecule has 1 heterocycles. The first-order chi connectivity index (χ1) is 8.63. The van der Waals surface area contributed by atoms with Crippen molar-refractivity contribution in [2.75, 3.05) is 7.11 Å². The second kappa shape index (κ2) is 5.38. The van der Waals surface area contributed by atoms with E-state index in [4.69, 9.17) is 23.2 Å². The number of pyridine rings is 1. The Morgan fingerprint density at radius 1 is 1.22 bits per heavy atom.